The van der Waals surface area contributed by atoms with E-state index in [4.69, 9.17) is 12.2 Å². The lowest BCUT2D eigenvalue weighted by Crippen LogP contribution is -2.30. The van der Waals surface area contributed by atoms with Crippen LogP contribution in [0.25, 0.3) is 0 Å². The van der Waals surface area contributed by atoms with E-state index >= 15 is 0 Å². The summed E-state index contributed by atoms with van der Waals surface area (Å²) < 4.78 is 37.4. The minimum atomic E-state index is -4.35. The summed E-state index contributed by atoms with van der Waals surface area (Å²) in [7, 11) is 0. The molecule has 0 aromatic heterocycles. The molecule has 3 nitrogen and oxygen atoms in total. The molecular weight excluding hydrogens is 325 g/mol. The Balaban J connectivity index is 1.79. The molecule has 3 N–H and O–H groups in total. The predicted octanol–water partition coefficient (Wildman–Crippen LogP) is 3.94. The summed E-state index contributed by atoms with van der Waals surface area (Å²) in [4.78, 5) is 0. The topological polar surface area (TPSA) is 44.3 Å². The van der Waals surface area contributed by atoms with Crippen LogP contribution in [0.3, 0.4) is 0 Å². The second-order valence-corrected chi connectivity index (χ2v) is 5.28. The van der Waals surface area contributed by atoms with Gasteiger partial charge in [0.15, 0.2) is 5.11 Å². The van der Waals surface area contributed by atoms with Crippen LogP contribution < -0.4 is 10.6 Å². The van der Waals surface area contributed by atoms with E-state index in [1.807, 2.05) is 12.1 Å². The summed E-state index contributed by atoms with van der Waals surface area (Å²) in [6.45, 7) is 0.567. The molecule has 2 rings (SSSR count). The maximum atomic E-state index is 12.5. The molecule has 122 valence electrons. The van der Waals surface area contributed by atoms with E-state index in [1.165, 1.54) is 12.1 Å². The number of alkyl halides is 3. The lowest BCUT2D eigenvalue weighted by molar-refractivity contribution is -0.137. The molecule has 0 saturated heterocycles. The van der Waals surface area contributed by atoms with Gasteiger partial charge in [0.25, 0.3) is 0 Å². The van der Waals surface area contributed by atoms with E-state index in [0.29, 0.717) is 23.8 Å². The van der Waals surface area contributed by atoms with E-state index < -0.39 is 11.7 Å². The van der Waals surface area contributed by atoms with Crippen LogP contribution in [0.5, 0.6) is 5.75 Å². The van der Waals surface area contributed by atoms with Gasteiger partial charge >= 0.3 is 6.18 Å². The fourth-order valence-electron chi connectivity index (χ4n) is 1.90. The van der Waals surface area contributed by atoms with Crippen LogP contribution in [0.4, 0.5) is 18.9 Å². The van der Waals surface area contributed by atoms with Crippen LogP contribution in [0, 0.1) is 0 Å². The summed E-state index contributed by atoms with van der Waals surface area (Å²) in [6, 6.07) is 11.5. The lowest BCUT2D eigenvalue weighted by atomic mass is 10.1. The van der Waals surface area contributed by atoms with E-state index in [1.54, 1.807) is 12.1 Å². The first-order valence-electron chi connectivity index (χ1n) is 6.84. The molecule has 2 aromatic carbocycles. The minimum Gasteiger partial charge on any atom is -0.508 e. The number of thiocarbonyl (C=S) groups is 1. The highest BCUT2D eigenvalue weighted by Gasteiger charge is 2.29. The Morgan fingerprint density at radius 3 is 2.17 bits per heavy atom. The number of phenols is 1. The van der Waals surface area contributed by atoms with Gasteiger partial charge in [-0.2, -0.15) is 13.2 Å². The van der Waals surface area contributed by atoms with Gasteiger partial charge in [0.05, 0.1) is 5.56 Å². The van der Waals surface area contributed by atoms with Gasteiger partial charge in [-0.1, -0.05) is 12.1 Å². The van der Waals surface area contributed by atoms with Crippen molar-refractivity contribution in [2.45, 2.75) is 12.6 Å². The first-order chi connectivity index (χ1) is 10.8. The maximum absolute atomic E-state index is 12.5. The monoisotopic (exact) mass is 340 g/mol. The minimum absolute atomic E-state index is 0.209. The fraction of sp³-hybridized carbons (Fsp3) is 0.188. The zero-order valence-electron chi connectivity index (χ0n) is 12.0. The van der Waals surface area contributed by atoms with E-state index in [2.05, 4.69) is 10.6 Å². The number of phenolic OH excluding ortho intramolecular Hbond substituents is 1. The van der Waals surface area contributed by atoms with E-state index in [-0.39, 0.29) is 5.75 Å². The molecule has 2 aromatic rings. The van der Waals surface area contributed by atoms with Gasteiger partial charge in [-0.3, -0.25) is 0 Å². The van der Waals surface area contributed by atoms with Gasteiger partial charge in [0.2, 0.25) is 0 Å². The van der Waals surface area contributed by atoms with Crippen molar-refractivity contribution in [2.75, 3.05) is 11.9 Å². The van der Waals surface area contributed by atoms with Crippen molar-refractivity contribution in [3.63, 3.8) is 0 Å². The van der Waals surface area contributed by atoms with Gasteiger partial charge in [-0.05, 0) is 60.6 Å². The van der Waals surface area contributed by atoms with Gasteiger partial charge in [0, 0.05) is 12.2 Å². The predicted molar refractivity (Wildman–Crippen MR) is 87.5 cm³/mol. The second kappa shape index (κ2) is 7.32. The van der Waals surface area contributed by atoms with Crippen LogP contribution >= 0.6 is 12.2 Å². The van der Waals surface area contributed by atoms with Gasteiger partial charge in [-0.25, -0.2) is 0 Å². The zero-order chi connectivity index (χ0) is 16.9. The Morgan fingerprint density at radius 1 is 1.00 bits per heavy atom. The van der Waals surface area contributed by atoms with Crippen LogP contribution in [-0.2, 0) is 12.6 Å². The highest BCUT2D eigenvalue weighted by Crippen LogP contribution is 2.29. The largest absolute Gasteiger partial charge is 0.508 e. The van der Waals surface area contributed by atoms with E-state index in [0.717, 1.165) is 17.7 Å². The van der Waals surface area contributed by atoms with Gasteiger partial charge in [-0.15, -0.1) is 0 Å². The number of hydrogen-bond acceptors (Lipinski definition) is 2. The highest BCUT2D eigenvalue weighted by molar-refractivity contribution is 7.80. The Kier molecular flexibility index (Phi) is 5.44. The number of anilines is 1. The Morgan fingerprint density at radius 2 is 1.61 bits per heavy atom. The summed E-state index contributed by atoms with van der Waals surface area (Å²) >= 11 is 5.09. The van der Waals surface area contributed by atoms with Crippen molar-refractivity contribution >= 4 is 23.0 Å². The zero-order valence-corrected chi connectivity index (χ0v) is 12.8. The third-order valence-electron chi connectivity index (χ3n) is 3.11. The molecule has 0 spiro atoms. The van der Waals surface area contributed by atoms with Crippen molar-refractivity contribution in [3.05, 3.63) is 59.7 Å². The third-order valence-corrected chi connectivity index (χ3v) is 3.35. The molecule has 0 radical (unpaired) electrons. The average molecular weight is 340 g/mol. The Labute approximate surface area is 137 Å². The molecule has 0 bridgehead atoms. The molecule has 0 aliphatic heterocycles. The Hall–Kier alpha value is -2.28. The van der Waals surface area contributed by atoms with E-state index in [9.17, 15) is 18.3 Å². The molecule has 0 amide bonds. The van der Waals surface area contributed by atoms with Crippen LogP contribution in [0.2, 0.25) is 0 Å². The summed E-state index contributed by atoms with van der Waals surface area (Å²) in [5.41, 5.74) is 0.821. The third kappa shape index (κ3) is 5.45. The van der Waals surface area contributed by atoms with Crippen LogP contribution in [0.1, 0.15) is 11.1 Å². The SMILES string of the molecule is Oc1ccc(CCNC(=S)Nc2ccc(C(F)(F)F)cc2)cc1. The number of hydrogen-bond donors (Lipinski definition) is 3. The van der Waals surface area contributed by atoms with Crippen molar-refractivity contribution < 1.29 is 18.3 Å². The van der Waals surface area contributed by atoms with Crippen LogP contribution in [0.15, 0.2) is 48.5 Å². The number of aromatic hydroxyl groups is 1. The molecule has 23 heavy (non-hydrogen) atoms. The van der Waals surface area contributed by atoms with Crippen molar-refractivity contribution in [1.82, 2.24) is 5.32 Å². The molecular formula is C16H15F3N2OS. The standard InChI is InChI=1S/C16H15F3N2OS/c17-16(18,19)12-3-5-13(6-4-12)21-15(23)20-10-9-11-1-7-14(22)8-2-11/h1-8,22H,9-10H2,(H2,20,21,23). The molecule has 0 fully saturated rings. The smallest absolute Gasteiger partial charge is 0.416 e. The van der Waals surface area contributed by atoms with Gasteiger partial charge in [0.1, 0.15) is 5.75 Å². The average Bonchev–Trinajstić information content (AvgIpc) is 2.49. The van der Waals surface area contributed by atoms with Crippen LogP contribution in [-0.4, -0.2) is 16.8 Å². The molecule has 0 atom stereocenters. The number of benzene rings is 2. The normalized spacial score (nSPS) is 11.1. The molecule has 0 saturated carbocycles. The first-order valence-corrected chi connectivity index (χ1v) is 7.25. The van der Waals surface area contributed by atoms with Crippen molar-refractivity contribution in [2.24, 2.45) is 0 Å². The molecule has 0 aliphatic carbocycles. The van der Waals surface area contributed by atoms with Crippen molar-refractivity contribution in [3.8, 4) is 5.75 Å². The summed E-state index contributed by atoms with van der Waals surface area (Å²) in [5, 5.41) is 15.3. The first kappa shape index (κ1) is 17.1. The summed E-state index contributed by atoms with van der Waals surface area (Å²) in [5.74, 6) is 0.209. The fourth-order valence-corrected chi connectivity index (χ4v) is 2.12. The molecule has 0 heterocycles. The summed E-state index contributed by atoms with van der Waals surface area (Å²) in [6.07, 6.45) is -3.64. The van der Waals surface area contributed by atoms with Gasteiger partial charge < -0.3 is 15.7 Å². The highest BCUT2D eigenvalue weighted by atomic mass is 32.1. The molecule has 7 heteroatoms. The molecule has 0 unspecified atom stereocenters. The Bertz CT molecular complexity index is 655. The maximum Gasteiger partial charge on any atom is 0.416 e. The number of rotatable bonds is 4. The quantitative estimate of drug-likeness (QED) is 0.738. The second-order valence-electron chi connectivity index (χ2n) is 4.87. The lowest BCUT2D eigenvalue weighted by Gasteiger charge is -2.12. The molecule has 0 aliphatic rings. The number of halogens is 3. The number of nitrogens with one attached hydrogen (secondary N) is 2. The van der Waals surface area contributed by atoms with Crippen molar-refractivity contribution in [1.29, 1.82) is 0 Å².